The molecule has 0 saturated carbocycles. The van der Waals surface area contributed by atoms with E-state index in [-0.39, 0.29) is 22.9 Å². The Hall–Kier alpha value is -1.36. The van der Waals surface area contributed by atoms with Crippen molar-refractivity contribution in [1.29, 1.82) is 0 Å². The van der Waals surface area contributed by atoms with E-state index in [0.29, 0.717) is 6.61 Å². The SMILES string of the molecule is Fc1cc([C@@H]2OCCNC[C@H]2CN2C=CC=CC2)ccc1Cl. The maximum absolute atomic E-state index is 13.8. The van der Waals surface area contributed by atoms with Crippen LogP contribution in [0.25, 0.3) is 0 Å². The molecule has 0 radical (unpaired) electrons. The first-order valence-electron chi connectivity index (χ1n) is 7.58. The minimum absolute atomic E-state index is 0.124. The summed E-state index contributed by atoms with van der Waals surface area (Å²) < 4.78 is 19.8. The summed E-state index contributed by atoms with van der Waals surface area (Å²) in [6, 6.07) is 4.96. The molecule has 118 valence electrons. The number of ether oxygens (including phenoxy) is 1. The molecule has 0 amide bonds. The Kier molecular flexibility index (Phi) is 5.13. The summed E-state index contributed by atoms with van der Waals surface area (Å²) >= 11 is 5.79. The van der Waals surface area contributed by atoms with Gasteiger partial charge in [-0.25, -0.2) is 4.39 Å². The number of allylic oxidation sites excluding steroid dienone is 2. The first-order valence-corrected chi connectivity index (χ1v) is 7.96. The van der Waals surface area contributed by atoms with Gasteiger partial charge in [0.25, 0.3) is 0 Å². The lowest BCUT2D eigenvalue weighted by molar-refractivity contribution is 0.0232. The number of nitrogens with one attached hydrogen (secondary N) is 1. The first kappa shape index (κ1) is 15.5. The normalized spacial score (nSPS) is 25.3. The van der Waals surface area contributed by atoms with E-state index < -0.39 is 0 Å². The summed E-state index contributed by atoms with van der Waals surface area (Å²) in [7, 11) is 0. The predicted octanol–water partition coefficient (Wildman–Crippen LogP) is 3.14. The molecule has 0 unspecified atom stereocenters. The summed E-state index contributed by atoms with van der Waals surface area (Å²) in [5, 5.41) is 3.55. The maximum atomic E-state index is 13.8. The van der Waals surface area contributed by atoms with Crippen LogP contribution in [-0.4, -0.2) is 37.7 Å². The van der Waals surface area contributed by atoms with Gasteiger partial charge in [0.05, 0.1) is 17.7 Å². The fraction of sp³-hybridized carbons (Fsp3) is 0.412. The summed E-state index contributed by atoms with van der Waals surface area (Å²) in [4.78, 5) is 2.25. The highest BCUT2D eigenvalue weighted by Gasteiger charge is 2.28. The lowest BCUT2D eigenvalue weighted by Crippen LogP contribution is -2.34. The van der Waals surface area contributed by atoms with Gasteiger partial charge in [-0.2, -0.15) is 0 Å². The molecule has 22 heavy (non-hydrogen) atoms. The number of rotatable bonds is 3. The fourth-order valence-electron chi connectivity index (χ4n) is 2.95. The molecule has 2 aliphatic heterocycles. The molecular formula is C17H20ClFN2O. The van der Waals surface area contributed by atoms with Crippen LogP contribution in [-0.2, 0) is 4.74 Å². The lowest BCUT2D eigenvalue weighted by Gasteiger charge is -2.31. The van der Waals surface area contributed by atoms with Crippen LogP contribution < -0.4 is 5.32 Å². The van der Waals surface area contributed by atoms with E-state index in [1.54, 1.807) is 6.07 Å². The molecular weight excluding hydrogens is 303 g/mol. The Balaban J connectivity index is 1.79. The topological polar surface area (TPSA) is 24.5 Å². The number of benzene rings is 1. The van der Waals surface area contributed by atoms with Crippen molar-refractivity contribution in [1.82, 2.24) is 10.2 Å². The van der Waals surface area contributed by atoms with Gasteiger partial charge < -0.3 is 15.0 Å². The Morgan fingerprint density at radius 2 is 2.27 bits per heavy atom. The Labute approximate surface area is 135 Å². The van der Waals surface area contributed by atoms with Crippen molar-refractivity contribution in [2.75, 3.05) is 32.8 Å². The highest BCUT2D eigenvalue weighted by Crippen LogP contribution is 2.30. The molecule has 0 aromatic heterocycles. The molecule has 1 N–H and O–H groups in total. The second-order valence-corrected chi connectivity index (χ2v) is 6.06. The number of nitrogens with zero attached hydrogens (tertiary/aromatic N) is 1. The van der Waals surface area contributed by atoms with Crippen LogP contribution in [0.4, 0.5) is 4.39 Å². The molecule has 0 aliphatic carbocycles. The van der Waals surface area contributed by atoms with Crippen molar-refractivity contribution in [3.63, 3.8) is 0 Å². The van der Waals surface area contributed by atoms with Gasteiger partial charge in [-0.3, -0.25) is 0 Å². The van der Waals surface area contributed by atoms with E-state index in [0.717, 1.165) is 31.7 Å². The van der Waals surface area contributed by atoms with Gasteiger partial charge in [0.1, 0.15) is 5.82 Å². The Morgan fingerprint density at radius 1 is 1.36 bits per heavy atom. The van der Waals surface area contributed by atoms with E-state index in [1.165, 1.54) is 6.07 Å². The van der Waals surface area contributed by atoms with Crippen molar-refractivity contribution in [3.05, 3.63) is 59.0 Å². The van der Waals surface area contributed by atoms with E-state index >= 15 is 0 Å². The Bertz CT molecular complexity index is 576. The van der Waals surface area contributed by atoms with Gasteiger partial charge in [0.15, 0.2) is 0 Å². The van der Waals surface area contributed by atoms with Crippen molar-refractivity contribution < 1.29 is 9.13 Å². The molecule has 0 spiro atoms. The molecule has 1 aromatic carbocycles. The van der Waals surface area contributed by atoms with E-state index in [4.69, 9.17) is 16.3 Å². The third-order valence-electron chi connectivity index (χ3n) is 4.04. The van der Waals surface area contributed by atoms with Gasteiger partial charge >= 0.3 is 0 Å². The summed E-state index contributed by atoms with van der Waals surface area (Å²) in [5.41, 5.74) is 0.854. The molecule has 2 aliphatic rings. The lowest BCUT2D eigenvalue weighted by atomic mass is 9.94. The van der Waals surface area contributed by atoms with E-state index in [9.17, 15) is 4.39 Å². The van der Waals surface area contributed by atoms with Crippen LogP contribution >= 0.6 is 11.6 Å². The predicted molar refractivity (Wildman–Crippen MR) is 86.3 cm³/mol. The zero-order valence-corrected chi connectivity index (χ0v) is 13.1. The maximum Gasteiger partial charge on any atom is 0.142 e. The zero-order valence-electron chi connectivity index (χ0n) is 12.3. The average molecular weight is 323 g/mol. The van der Waals surface area contributed by atoms with Crippen LogP contribution in [0.15, 0.2) is 42.6 Å². The minimum atomic E-state index is -0.389. The molecule has 0 bridgehead atoms. The molecule has 1 saturated heterocycles. The second kappa shape index (κ2) is 7.27. The molecule has 1 aromatic rings. The van der Waals surface area contributed by atoms with Gasteiger partial charge in [-0.05, 0) is 30.0 Å². The highest BCUT2D eigenvalue weighted by atomic mass is 35.5. The van der Waals surface area contributed by atoms with Gasteiger partial charge in [0.2, 0.25) is 0 Å². The summed E-state index contributed by atoms with van der Waals surface area (Å²) in [6.07, 6.45) is 8.17. The van der Waals surface area contributed by atoms with Crippen molar-refractivity contribution in [2.24, 2.45) is 5.92 Å². The average Bonchev–Trinajstić information content (AvgIpc) is 2.77. The van der Waals surface area contributed by atoms with Crippen LogP contribution in [0, 0.1) is 11.7 Å². The highest BCUT2D eigenvalue weighted by molar-refractivity contribution is 6.30. The van der Waals surface area contributed by atoms with Gasteiger partial charge in [-0.1, -0.05) is 29.8 Å². The number of hydrogen-bond donors (Lipinski definition) is 1. The Morgan fingerprint density at radius 3 is 3.05 bits per heavy atom. The number of halogens is 2. The van der Waals surface area contributed by atoms with Gasteiger partial charge in [0, 0.05) is 32.1 Å². The van der Waals surface area contributed by atoms with Crippen LogP contribution in [0.5, 0.6) is 0 Å². The minimum Gasteiger partial charge on any atom is -0.373 e. The zero-order chi connectivity index (χ0) is 15.4. The standard InChI is InChI=1S/C17H20ClFN2O/c18-15-5-4-13(10-16(15)19)17-14(11-20-6-9-22-17)12-21-7-2-1-3-8-21/h1-5,7,10,14,17,20H,6,8-9,11-12H2/t14-,17-/m0/s1. The molecule has 1 fully saturated rings. The quantitative estimate of drug-likeness (QED) is 0.925. The van der Waals surface area contributed by atoms with Crippen LogP contribution in [0.2, 0.25) is 5.02 Å². The molecule has 2 heterocycles. The van der Waals surface area contributed by atoms with E-state index in [2.05, 4.69) is 22.5 Å². The second-order valence-electron chi connectivity index (χ2n) is 5.65. The monoisotopic (exact) mass is 322 g/mol. The molecule has 3 nitrogen and oxygen atoms in total. The van der Waals surface area contributed by atoms with Crippen molar-refractivity contribution >= 4 is 11.6 Å². The fourth-order valence-corrected chi connectivity index (χ4v) is 3.07. The molecule has 2 atom stereocenters. The van der Waals surface area contributed by atoms with Crippen LogP contribution in [0.3, 0.4) is 0 Å². The van der Waals surface area contributed by atoms with Crippen LogP contribution in [0.1, 0.15) is 11.7 Å². The molecule has 3 rings (SSSR count). The largest absolute Gasteiger partial charge is 0.373 e. The number of hydrogen-bond acceptors (Lipinski definition) is 3. The molecule has 5 heteroatoms. The third kappa shape index (κ3) is 3.69. The first-order chi connectivity index (χ1) is 10.7. The van der Waals surface area contributed by atoms with E-state index in [1.807, 2.05) is 18.2 Å². The smallest absolute Gasteiger partial charge is 0.142 e. The van der Waals surface area contributed by atoms with Crippen molar-refractivity contribution in [2.45, 2.75) is 6.10 Å². The summed E-state index contributed by atoms with van der Waals surface area (Å²) in [5.74, 6) is -0.140. The van der Waals surface area contributed by atoms with Crippen molar-refractivity contribution in [3.8, 4) is 0 Å². The summed E-state index contributed by atoms with van der Waals surface area (Å²) in [6.45, 7) is 4.06. The third-order valence-corrected chi connectivity index (χ3v) is 4.34. The van der Waals surface area contributed by atoms with Gasteiger partial charge in [-0.15, -0.1) is 0 Å².